The lowest BCUT2D eigenvalue weighted by atomic mass is 10.1. The smallest absolute Gasteiger partial charge is 0.268 e. The molecule has 1 aromatic rings. The normalized spacial score (nSPS) is 10.7. The minimum Gasteiger partial charge on any atom is -0.271 e. The van der Waals surface area contributed by atoms with Crippen molar-refractivity contribution in [1.29, 1.82) is 5.26 Å². The van der Waals surface area contributed by atoms with Gasteiger partial charge in [-0.2, -0.15) is 5.26 Å². The molecular formula is C12H15N3O. The van der Waals surface area contributed by atoms with Gasteiger partial charge in [0.05, 0.1) is 17.2 Å². The van der Waals surface area contributed by atoms with Crippen molar-refractivity contribution in [3.63, 3.8) is 0 Å². The quantitative estimate of drug-likeness (QED) is 0.442. The molecule has 0 aromatic heterocycles. The third kappa shape index (κ3) is 2.59. The van der Waals surface area contributed by atoms with Gasteiger partial charge in [-0.3, -0.25) is 9.80 Å². The lowest BCUT2D eigenvalue weighted by molar-refractivity contribution is 0.0582. The van der Waals surface area contributed by atoms with Crippen molar-refractivity contribution >= 4 is 5.91 Å². The number of nitriles is 1. The first-order chi connectivity index (χ1) is 7.36. The topological polar surface area (TPSA) is 70.1 Å². The molecule has 0 saturated carbocycles. The van der Waals surface area contributed by atoms with E-state index in [0.29, 0.717) is 11.1 Å². The summed E-state index contributed by atoms with van der Waals surface area (Å²) in [6, 6.07) is 8.41. The van der Waals surface area contributed by atoms with Gasteiger partial charge in [0.15, 0.2) is 0 Å². The molecule has 84 valence electrons. The molecule has 0 spiro atoms. The second-order valence-corrected chi connectivity index (χ2v) is 4.54. The highest BCUT2D eigenvalue weighted by Crippen LogP contribution is 2.13. The minimum absolute atomic E-state index is 0.253. The van der Waals surface area contributed by atoms with E-state index < -0.39 is 5.54 Å². The molecule has 0 aliphatic rings. The highest BCUT2D eigenvalue weighted by Gasteiger charge is 2.24. The Bertz CT molecular complexity index is 423. The summed E-state index contributed by atoms with van der Waals surface area (Å²) in [5.74, 6) is 5.46. The van der Waals surface area contributed by atoms with Gasteiger partial charge >= 0.3 is 0 Å². The second-order valence-electron chi connectivity index (χ2n) is 4.54. The van der Waals surface area contributed by atoms with Crippen LogP contribution in [0.3, 0.4) is 0 Å². The highest BCUT2D eigenvalue weighted by molar-refractivity contribution is 5.94. The monoisotopic (exact) mass is 217 g/mol. The number of rotatable bonds is 1. The molecule has 0 fully saturated rings. The molecule has 0 bridgehead atoms. The molecule has 0 radical (unpaired) electrons. The zero-order chi connectivity index (χ0) is 12.3. The average Bonchev–Trinajstić information content (AvgIpc) is 2.26. The van der Waals surface area contributed by atoms with E-state index in [1.54, 1.807) is 24.3 Å². The van der Waals surface area contributed by atoms with E-state index in [2.05, 4.69) is 0 Å². The van der Waals surface area contributed by atoms with Gasteiger partial charge in [-0.1, -0.05) is 0 Å². The number of benzene rings is 1. The minimum atomic E-state index is -0.426. The van der Waals surface area contributed by atoms with Crippen molar-refractivity contribution < 1.29 is 4.79 Å². The standard InChI is InChI=1S/C12H15N3O/c1-12(2,3)15(14)11(16)10-6-4-9(8-13)5-7-10/h4-7H,14H2,1-3H3. The predicted octanol–water partition coefficient (Wildman–Crippen LogP) is 1.67. The number of nitrogens with zero attached hydrogens (tertiary/aromatic N) is 2. The van der Waals surface area contributed by atoms with Crippen LogP contribution in [0.2, 0.25) is 0 Å². The third-order valence-corrected chi connectivity index (χ3v) is 2.20. The Morgan fingerprint density at radius 1 is 1.31 bits per heavy atom. The summed E-state index contributed by atoms with van der Waals surface area (Å²) in [5, 5.41) is 9.82. The number of hydrazine groups is 1. The van der Waals surface area contributed by atoms with Crippen LogP contribution in [0.4, 0.5) is 0 Å². The lowest BCUT2D eigenvalue weighted by Gasteiger charge is -2.31. The van der Waals surface area contributed by atoms with Crippen LogP contribution in [0.25, 0.3) is 0 Å². The maximum Gasteiger partial charge on any atom is 0.268 e. The van der Waals surface area contributed by atoms with Crippen LogP contribution < -0.4 is 5.84 Å². The summed E-state index contributed by atoms with van der Waals surface area (Å²) >= 11 is 0. The van der Waals surface area contributed by atoms with E-state index >= 15 is 0 Å². The SMILES string of the molecule is CC(C)(C)N(N)C(=O)c1ccc(C#N)cc1. The maximum absolute atomic E-state index is 11.9. The van der Waals surface area contributed by atoms with Crippen molar-refractivity contribution in [3.05, 3.63) is 35.4 Å². The largest absolute Gasteiger partial charge is 0.271 e. The number of hydrogen-bond acceptors (Lipinski definition) is 3. The number of hydrogen-bond donors (Lipinski definition) is 1. The summed E-state index contributed by atoms with van der Waals surface area (Å²) in [4.78, 5) is 11.9. The first-order valence-corrected chi connectivity index (χ1v) is 4.95. The van der Waals surface area contributed by atoms with Crippen LogP contribution in [0.1, 0.15) is 36.7 Å². The fourth-order valence-electron chi connectivity index (χ4n) is 1.13. The van der Waals surface area contributed by atoms with Gasteiger partial charge in [0, 0.05) is 5.56 Å². The van der Waals surface area contributed by atoms with Crippen molar-refractivity contribution in [2.75, 3.05) is 0 Å². The van der Waals surface area contributed by atoms with Crippen LogP contribution >= 0.6 is 0 Å². The first-order valence-electron chi connectivity index (χ1n) is 4.95. The number of carbonyl (C=O) groups is 1. The fraction of sp³-hybridized carbons (Fsp3) is 0.333. The van der Waals surface area contributed by atoms with E-state index in [9.17, 15) is 4.79 Å². The summed E-state index contributed by atoms with van der Waals surface area (Å²) in [6.07, 6.45) is 0. The van der Waals surface area contributed by atoms with E-state index in [1.807, 2.05) is 26.8 Å². The van der Waals surface area contributed by atoms with Crippen LogP contribution in [0.15, 0.2) is 24.3 Å². The van der Waals surface area contributed by atoms with Gasteiger partial charge in [-0.25, -0.2) is 5.84 Å². The van der Waals surface area contributed by atoms with E-state index in [1.165, 1.54) is 5.01 Å². The molecular weight excluding hydrogens is 202 g/mol. The molecule has 1 amide bonds. The van der Waals surface area contributed by atoms with Crippen molar-refractivity contribution in [2.24, 2.45) is 5.84 Å². The van der Waals surface area contributed by atoms with E-state index in [0.717, 1.165) is 0 Å². The van der Waals surface area contributed by atoms with Crippen LogP contribution in [-0.4, -0.2) is 16.5 Å². The second kappa shape index (κ2) is 4.33. The summed E-state index contributed by atoms with van der Waals surface area (Å²) in [7, 11) is 0. The third-order valence-electron chi connectivity index (χ3n) is 2.20. The van der Waals surface area contributed by atoms with Crippen molar-refractivity contribution in [1.82, 2.24) is 5.01 Å². The van der Waals surface area contributed by atoms with Gasteiger partial charge < -0.3 is 0 Å². The molecule has 0 saturated heterocycles. The Morgan fingerprint density at radius 2 is 1.81 bits per heavy atom. The maximum atomic E-state index is 11.9. The Labute approximate surface area is 95.2 Å². The van der Waals surface area contributed by atoms with Gasteiger partial charge in [0.2, 0.25) is 0 Å². The molecule has 2 N–H and O–H groups in total. The number of carbonyl (C=O) groups excluding carboxylic acids is 1. The zero-order valence-electron chi connectivity index (χ0n) is 9.69. The first kappa shape index (κ1) is 12.2. The molecule has 4 heteroatoms. The van der Waals surface area contributed by atoms with Crippen LogP contribution in [0.5, 0.6) is 0 Å². The Morgan fingerprint density at radius 3 is 2.19 bits per heavy atom. The van der Waals surface area contributed by atoms with Crippen molar-refractivity contribution in [3.8, 4) is 6.07 Å². The summed E-state index contributed by atoms with van der Waals surface area (Å²) < 4.78 is 0. The summed E-state index contributed by atoms with van der Waals surface area (Å²) in [6.45, 7) is 5.57. The molecule has 0 aliphatic heterocycles. The fourth-order valence-corrected chi connectivity index (χ4v) is 1.13. The van der Waals surface area contributed by atoms with Crippen molar-refractivity contribution in [2.45, 2.75) is 26.3 Å². The molecule has 0 atom stereocenters. The van der Waals surface area contributed by atoms with E-state index in [-0.39, 0.29) is 5.91 Å². The zero-order valence-corrected chi connectivity index (χ0v) is 9.69. The molecule has 4 nitrogen and oxygen atoms in total. The molecule has 1 rings (SSSR count). The van der Waals surface area contributed by atoms with Gasteiger partial charge in [-0.15, -0.1) is 0 Å². The predicted molar refractivity (Wildman–Crippen MR) is 61.3 cm³/mol. The summed E-state index contributed by atoms with van der Waals surface area (Å²) in [5.41, 5.74) is 0.581. The molecule has 1 aromatic carbocycles. The Hall–Kier alpha value is -1.86. The molecule has 16 heavy (non-hydrogen) atoms. The van der Waals surface area contributed by atoms with Gasteiger partial charge in [-0.05, 0) is 45.0 Å². The van der Waals surface area contributed by atoms with Crippen LogP contribution in [-0.2, 0) is 0 Å². The lowest BCUT2D eigenvalue weighted by Crippen LogP contribution is -2.50. The van der Waals surface area contributed by atoms with Gasteiger partial charge in [0.25, 0.3) is 5.91 Å². The van der Waals surface area contributed by atoms with Gasteiger partial charge in [0.1, 0.15) is 0 Å². The Balaban J connectivity index is 2.94. The van der Waals surface area contributed by atoms with E-state index in [4.69, 9.17) is 11.1 Å². The molecule has 0 heterocycles. The molecule has 0 unspecified atom stereocenters. The average molecular weight is 217 g/mol. The molecule has 0 aliphatic carbocycles. The van der Waals surface area contributed by atoms with Crippen LogP contribution in [0, 0.1) is 11.3 Å². The number of nitrogens with two attached hydrogens (primary N) is 1. The number of amides is 1. The Kier molecular flexibility index (Phi) is 3.31. The highest BCUT2D eigenvalue weighted by atomic mass is 16.2.